The smallest absolute Gasteiger partial charge is 0.214 e. The van der Waals surface area contributed by atoms with Crippen molar-refractivity contribution in [2.75, 3.05) is 0 Å². The van der Waals surface area contributed by atoms with E-state index < -0.39 is 0 Å². The Kier molecular flexibility index (Phi) is 4.68. The van der Waals surface area contributed by atoms with E-state index in [1.807, 2.05) is 18.2 Å². The third kappa shape index (κ3) is 3.61. The Balaban J connectivity index is 1.49. The molecular formula is C17H12ClFN6S. The van der Waals surface area contributed by atoms with E-state index in [0.717, 1.165) is 11.4 Å². The van der Waals surface area contributed by atoms with E-state index in [0.29, 0.717) is 21.6 Å². The molecule has 4 aromatic rings. The second-order valence-electron chi connectivity index (χ2n) is 5.37. The summed E-state index contributed by atoms with van der Waals surface area (Å²) in [5.74, 6) is 0.284. The molecule has 9 heteroatoms. The lowest BCUT2D eigenvalue weighted by molar-refractivity contribution is 0.625. The molecule has 0 N–H and O–H groups in total. The number of benzene rings is 2. The fourth-order valence-electron chi connectivity index (χ4n) is 2.35. The molecule has 6 nitrogen and oxygen atoms in total. The van der Waals surface area contributed by atoms with Crippen LogP contribution >= 0.6 is 23.4 Å². The summed E-state index contributed by atoms with van der Waals surface area (Å²) in [6.45, 7) is 0. The Labute approximate surface area is 157 Å². The maximum absolute atomic E-state index is 13.3. The number of tetrazole rings is 1. The van der Waals surface area contributed by atoms with Crippen molar-refractivity contribution in [2.24, 2.45) is 0 Å². The molecule has 2 aromatic carbocycles. The first-order valence-electron chi connectivity index (χ1n) is 7.67. The minimum absolute atomic E-state index is 0.295. The molecule has 4 rings (SSSR count). The summed E-state index contributed by atoms with van der Waals surface area (Å²) in [4.78, 5) is 0. The van der Waals surface area contributed by atoms with Crippen LogP contribution in [0.5, 0.6) is 0 Å². The van der Waals surface area contributed by atoms with Crippen LogP contribution in [-0.4, -0.2) is 30.0 Å². The number of halogens is 2. The summed E-state index contributed by atoms with van der Waals surface area (Å²) in [7, 11) is 0. The normalized spacial score (nSPS) is 11.0. The third-order valence-corrected chi connectivity index (χ3v) is 4.78. The zero-order valence-electron chi connectivity index (χ0n) is 13.3. The lowest BCUT2D eigenvalue weighted by atomic mass is 10.3. The van der Waals surface area contributed by atoms with E-state index >= 15 is 0 Å². The first kappa shape index (κ1) is 16.7. The Morgan fingerprint density at radius 1 is 1.04 bits per heavy atom. The van der Waals surface area contributed by atoms with E-state index in [1.54, 1.807) is 39.8 Å². The van der Waals surface area contributed by atoms with Gasteiger partial charge in [0.05, 0.1) is 17.1 Å². The predicted molar refractivity (Wildman–Crippen MR) is 97.2 cm³/mol. The Hall–Kier alpha value is -2.71. The fraction of sp³-hybridized carbons (Fsp3) is 0.0588. The molecule has 0 aliphatic carbocycles. The first-order chi connectivity index (χ1) is 12.7. The molecule has 0 radical (unpaired) electrons. The summed E-state index contributed by atoms with van der Waals surface area (Å²) in [6, 6.07) is 15.4. The molecule has 0 amide bonds. The molecule has 130 valence electrons. The standard InChI is InChI=1S/C17H12ClFN6S/c18-12-4-6-15(7-5-12)25-17(20-22-23-25)26-11-14-8-9-24(21-14)16-3-1-2-13(19)10-16/h1-10H,11H2. The fourth-order valence-corrected chi connectivity index (χ4v) is 3.27. The summed E-state index contributed by atoms with van der Waals surface area (Å²) >= 11 is 7.38. The number of hydrogen-bond donors (Lipinski definition) is 0. The molecule has 26 heavy (non-hydrogen) atoms. The average molecular weight is 387 g/mol. The van der Waals surface area contributed by atoms with E-state index in [-0.39, 0.29) is 5.82 Å². The Bertz CT molecular complexity index is 1030. The Morgan fingerprint density at radius 3 is 2.69 bits per heavy atom. The lowest BCUT2D eigenvalue weighted by Crippen LogP contribution is -1.99. The summed E-state index contributed by atoms with van der Waals surface area (Å²) in [5.41, 5.74) is 2.34. The van der Waals surface area contributed by atoms with Crippen molar-refractivity contribution < 1.29 is 4.39 Å². The highest BCUT2D eigenvalue weighted by Crippen LogP contribution is 2.23. The van der Waals surface area contributed by atoms with Crippen molar-refractivity contribution in [2.45, 2.75) is 10.9 Å². The minimum Gasteiger partial charge on any atom is -0.241 e. The third-order valence-electron chi connectivity index (χ3n) is 3.58. The molecule has 0 bridgehead atoms. The zero-order valence-corrected chi connectivity index (χ0v) is 14.9. The van der Waals surface area contributed by atoms with E-state index in [9.17, 15) is 4.39 Å². The highest BCUT2D eigenvalue weighted by atomic mass is 35.5. The number of thioether (sulfide) groups is 1. The zero-order chi connectivity index (χ0) is 17.9. The molecule has 0 saturated heterocycles. The molecule has 0 spiro atoms. The topological polar surface area (TPSA) is 61.4 Å². The van der Waals surface area contributed by atoms with Crippen LogP contribution in [-0.2, 0) is 5.75 Å². The van der Waals surface area contributed by atoms with Crippen LogP contribution in [0.15, 0.2) is 66.0 Å². The summed E-state index contributed by atoms with van der Waals surface area (Å²) < 4.78 is 16.6. The second-order valence-corrected chi connectivity index (χ2v) is 6.75. The van der Waals surface area contributed by atoms with Crippen LogP contribution in [0.4, 0.5) is 4.39 Å². The van der Waals surface area contributed by atoms with E-state index in [2.05, 4.69) is 20.6 Å². The van der Waals surface area contributed by atoms with Crippen LogP contribution in [0.1, 0.15) is 5.69 Å². The van der Waals surface area contributed by atoms with Gasteiger partial charge in [0.2, 0.25) is 5.16 Å². The van der Waals surface area contributed by atoms with Gasteiger partial charge in [-0.2, -0.15) is 9.78 Å². The van der Waals surface area contributed by atoms with Crippen molar-refractivity contribution in [3.8, 4) is 11.4 Å². The van der Waals surface area contributed by atoms with Crippen molar-refractivity contribution in [1.29, 1.82) is 0 Å². The first-order valence-corrected chi connectivity index (χ1v) is 9.03. The highest BCUT2D eigenvalue weighted by Gasteiger charge is 2.11. The monoisotopic (exact) mass is 386 g/mol. The van der Waals surface area contributed by atoms with Gasteiger partial charge in [-0.25, -0.2) is 9.07 Å². The van der Waals surface area contributed by atoms with Crippen LogP contribution in [0.2, 0.25) is 5.02 Å². The van der Waals surface area contributed by atoms with Gasteiger partial charge in [-0.05, 0) is 59.0 Å². The van der Waals surface area contributed by atoms with Gasteiger partial charge >= 0.3 is 0 Å². The predicted octanol–water partition coefficient (Wildman–Crippen LogP) is 3.93. The number of aromatic nitrogens is 6. The molecule has 2 heterocycles. The molecule has 0 atom stereocenters. The van der Waals surface area contributed by atoms with Crippen LogP contribution in [0, 0.1) is 5.82 Å². The maximum atomic E-state index is 13.3. The van der Waals surface area contributed by atoms with Crippen LogP contribution in [0.25, 0.3) is 11.4 Å². The number of rotatable bonds is 5. The molecule has 0 fully saturated rings. The summed E-state index contributed by atoms with van der Waals surface area (Å²) in [5, 5.41) is 17.6. The van der Waals surface area contributed by atoms with Crippen LogP contribution in [0.3, 0.4) is 0 Å². The molecule has 2 aromatic heterocycles. The van der Waals surface area contributed by atoms with Crippen molar-refractivity contribution in [1.82, 2.24) is 30.0 Å². The van der Waals surface area contributed by atoms with Gasteiger partial charge in [0.1, 0.15) is 5.82 Å². The highest BCUT2D eigenvalue weighted by molar-refractivity contribution is 7.98. The van der Waals surface area contributed by atoms with Crippen molar-refractivity contribution in [3.05, 3.63) is 77.3 Å². The second kappa shape index (κ2) is 7.27. The molecule has 0 unspecified atom stereocenters. The van der Waals surface area contributed by atoms with E-state index in [1.165, 1.54) is 23.9 Å². The average Bonchev–Trinajstić information content (AvgIpc) is 3.30. The Morgan fingerprint density at radius 2 is 1.88 bits per heavy atom. The van der Waals surface area contributed by atoms with Crippen molar-refractivity contribution in [3.63, 3.8) is 0 Å². The van der Waals surface area contributed by atoms with Crippen LogP contribution < -0.4 is 0 Å². The van der Waals surface area contributed by atoms with Gasteiger partial charge in [0, 0.05) is 17.0 Å². The van der Waals surface area contributed by atoms with Gasteiger partial charge in [0.15, 0.2) is 0 Å². The number of hydrogen-bond acceptors (Lipinski definition) is 5. The van der Waals surface area contributed by atoms with Gasteiger partial charge in [0.25, 0.3) is 0 Å². The molecule has 0 saturated carbocycles. The summed E-state index contributed by atoms with van der Waals surface area (Å²) in [6.07, 6.45) is 1.80. The molecule has 0 aliphatic heterocycles. The van der Waals surface area contributed by atoms with Gasteiger partial charge < -0.3 is 0 Å². The lowest BCUT2D eigenvalue weighted by Gasteiger charge is -2.03. The minimum atomic E-state index is -0.295. The van der Waals surface area contributed by atoms with Crippen molar-refractivity contribution >= 4 is 23.4 Å². The molecule has 0 aliphatic rings. The van der Waals surface area contributed by atoms with Gasteiger partial charge in [-0.1, -0.05) is 29.4 Å². The maximum Gasteiger partial charge on any atom is 0.214 e. The molecular weight excluding hydrogens is 375 g/mol. The number of nitrogens with zero attached hydrogens (tertiary/aromatic N) is 6. The quantitative estimate of drug-likeness (QED) is 0.486. The van der Waals surface area contributed by atoms with Gasteiger partial charge in [-0.15, -0.1) is 5.10 Å². The van der Waals surface area contributed by atoms with E-state index in [4.69, 9.17) is 11.6 Å². The SMILES string of the molecule is Fc1cccc(-n2ccc(CSc3nnnn3-c3ccc(Cl)cc3)n2)c1. The van der Waals surface area contributed by atoms with Gasteiger partial charge in [-0.3, -0.25) is 0 Å². The largest absolute Gasteiger partial charge is 0.241 e.